The van der Waals surface area contributed by atoms with E-state index in [1.807, 2.05) is 31.2 Å². The zero-order chi connectivity index (χ0) is 24.8. The molecule has 2 aromatic carbocycles. The Balaban J connectivity index is 1.90. The largest absolute Gasteiger partial charge is 0.462 e. The number of non-ortho nitro benzene ring substituents is 1. The maximum atomic E-state index is 12.8. The van der Waals surface area contributed by atoms with Crippen molar-refractivity contribution in [1.82, 2.24) is 0 Å². The SMILES string of the molecule is CCOC(=O)c1c(NC(=O)C=Cc2ccc(C(C)C)cc2)sc(C)c1-c1ccc([N+](=O)[O-])cc1. The normalized spacial score (nSPS) is 11.1. The number of carbonyl (C=O) groups excluding carboxylic acids is 2. The number of anilines is 1. The molecule has 0 saturated heterocycles. The molecular weight excluding hydrogens is 452 g/mol. The Morgan fingerprint density at radius 2 is 1.76 bits per heavy atom. The highest BCUT2D eigenvalue weighted by molar-refractivity contribution is 7.17. The lowest BCUT2D eigenvalue weighted by molar-refractivity contribution is -0.384. The summed E-state index contributed by atoms with van der Waals surface area (Å²) < 4.78 is 5.24. The number of nitrogens with zero attached hydrogens (tertiary/aromatic N) is 1. The molecule has 1 amide bonds. The van der Waals surface area contributed by atoms with Crippen LogP contribution in [-0.2, 0) is 9.53 Å². The topological polar surface area (TPSA) is 98.5 Å². The lowest BCUT2D eigenvalue weighted by Gasteiger charge is -2.08. The molecule has 0 aliphatic rings. The van der Waals surface area contributed by atoms with Crippen LogP contribution in [-0.4, -0.2) is 23.4 Å². The molecule has 3 rings (SSSR count). The lowest BCUT2D eigenvalue weighted by Crippen LogP contribution is -2.12. The predicted octanol–water partition coefficient (Wildman–Crippen LogP) is 6.58. The van der Waals surface area contributed by atoms with Gasteiger partial charge in [-0.2, -0.15) is 0 Å². The van der Waals surface area contributed by atoms with E-state index >= 15 is 0 Å². The Hall–Kier alpha value is -3.78. The molecule has 0 aliphatic heterocycles. The van der Waals surface area contributed by atoms with Gasteiger partial charge in [-0.1, -0.05) is 38.1 Å². The highest BCUT2D eigenvalue weighted by atomic mass is 32.1. The minimum atomic E-state index is -0.566. The Morgan fingerprint density at radius 1 is 1.12 bits per heavy atom. The van der Waals surface area contributed by atoms with Gasteiger partial charge < -0.3 is 10.1 Å². The van der Waals surface area contributed by atoms with Crippen LogP contribution >= 0.6 is 11.3 Å². The number of nitro benzene ring substituents is 1. The Bertz CT molecular complexity index is 1230. The van der Waals surface area contributed by atoms with Crippen molar-refractivity contribution in [1.29, 1.82) is 0 Å². The highest BCUT2D eigenvalue weighted by Crippen LogP contribution is 2.40. The van der Waals surface area contributed by atoms with Gasteiger partial charge in [-0.15, -0.1) is 11.3 Å². The van der Waals surface area contributed by atoms with Gasteiger partial charge in [0.1, 0.15) is 10.6 Å². The molecule has 0 spiro atoms. The standard InChI is InChI=1S/C26H26N2O5S/c1-5-33-26(30)24-23(20-11-13-21(14-12-20)28(31)32)17(4)34-25(24)27-22(29)15-8-18-6-9-19(10-7-18)16(2)3/h6-16H,5H2,1-4H3,(H,27,29). The van der Waals surface area contributed by atoms with Crippen molar-refractivity contribution in [3.63, 3.8) is 0 Å². The molecule has 34 heavy (non-hydrogen) atoms. The lowest BCUT2D eigenvalue weighted by atomic mass is 10.0. The smallest absolute Gasteiger partial charge is 0.341 e. The number of nitrogens with one attached hydrogen (secondary N) is 1. The molecule has 7 nitrogen and oxygen atoms in total. The van der Waals surface area contributed by atoms with Crippen molar-refractivity contribution < 1.29 is 19.2 Å². The van der Waals surface area contributed by atoms with Crippen LogP contribution in [0.4, 0.5) is 10.7 Å². The van der Waals surface area contributed by atoms with Crippen molar-refractivity contribution in [3.05, 3.63) is 86.3 Å². The van der Waals surface area contributed by atoms with Crippen molar-refractivity contribution in [3.8, 4) is 11.1 Å². The van der Waals surface area contributed by atoms with E-state index in [1.165, 1.54) is 35.1 Å². The summed E-state index contributed by atoms with van der Waals surface area (Å²) in [6.07, 6.45) is 3.13. The maximum absolute atomic E-state index is 12.8. The van der Waals surface area contributed by atoms with Gasteiger partial charge in [-0.05, 0) is 54.7 Å². The van der Waals surface area contributed by atoms with Crippen LogP contribution in [0, 0.1) is 17.0 Å². The molecule has 0 saturated carbocycles. The van der Waals surface area contributed by atoms with Gasteiger partial charge >= 0.3 is 5.97 Å². The summed E-state index contributed by atoms with van der Waals surface area (Å²) in [5.41, 5.74) is 3.51. The molecule has 0 fully saturated rings. The van der Waals surface area contributed by atoms with Crippen LogP contribution in [0.3, 0.4) is 0 Å². The van der Waals surface area contributed by atoms with Crippen LogP contribution in [0.1, 0.15) is 53.1 Å². The fourth-order valence-corrected chi connectivity index (χ4v) is 4.51. The summed E-state index contributed by atoms with van der Waals surface area (Å²) in [7, 11) is 0. The second kappa shape index (κ2) is 10.9. The second-order valence-corrected chi connectivity index (χ2v) is 9.13. The van der Waals surface area contributed by atoms with Crippen LogP contribution in [0.5, 0.6) is 0 Å². The third-order valence-corrected chi connectivity index (χ3v) is 6.22. The van der Waals surface area contributed by atoms with Gasteiger partial charge in [0, 0.05) is 28.6 Å². The predicted molar refractivity (Wildman–Crippen MR) is 135 cm³/mol. The fourth-order valence-electron chi connectivity index (χ4n) is 3.45. The number of nitro groups is 1. The van der Waals surface area contributed by atoms with E-state index in [9.17, 15) is 19.7 Å². The number of carbonyl (C=O) groups is 2. The molecule has 0 unspecified atom stereocenters. The van der Waals surface area contributed by atoms with Crippen LogP contribution < -0.4 is 5.32 Å². The summed E-state index contributed by atoms with van der Waals surface area (Å²) in [5.74, 6) is -0.520. The molecule has 176 valence electrons. The van der Waals surface area contributed by atoms with E-state index in [0.717, 1.165) is 10.4 Å². The summed E-state index contributed by atoms with van der Waals surface area (Å²) >= 11 is 1.26. The monoisotopic (exact) mass is 478 g/mol. The zero-order valence-electron chi connectivity index (χ0n) is 19.5. The molecule has 0 aliphatic carbocycles. The molecule has 3 aromatic rings. The number of thiophene rings is 1. The van der Waals surface area contributed by atoms with Crippen LogP contribution in [0.25, 0.3) is 17.2 Å². The number of rotatable bonds is 8. The van der Waals surface area contributed by atoms with E-state index in [0.29, 0.717) is 22.0 Å². The third kappa shape index (κ3) is 5.77. The van der Waals surface area contributed by atoms with Gasteiger partial charge in [0.2, 0.25) is 5.91 Å². The number of aryl methyl sites for hydroxylation is 1. The van der Waals surface area contributed by atoms with Gasteiger partial charge in [0.05, 0.1) is 11.5 Å². The van der Waals surface area contributed by atoms with Gasteiger partial charge in [0.15, 0.2) is 0 Å². The van der Waals surface area contributed by atoms with Gasteiger partial charge in [-0.3, -0.25) is 14.9 Å². The van der Waals surface area contributed by atoms with Gasteiger partial charge in [0.25, 0.3) is 5.69 Å². The van der Waals surface area contributed by atoms with E-state index in [4.69, 9.17) is 4.74 Å². The molecule has 1 aromatic heterocycles. The van der Waals surface area contributed by atoms with Crippen molar-refractivity contribution in [2.45, 2.75) is 33.6 Å². The first kappa shape index (κ1) is 24.9. The molecule has 8 heteroatoms. The average Bonchev–Trinajstić information content (AvgIpc) is 3.13. The number of benzene rings is 2. The van der Waals surface area contributed by atoms with Crippen LogP contribution in [0.15, 0.2) is 54.6 Å². The summed E-state index contributed by atoms with van der Waals surface area (Å²) in [6, 6.07) is 13.9. The minimum absolute atomic E-state index is 0.0468. The Morgan fingerprint density at radius 3 is 2.32 bits per heavy atom. The zero-order valence-corrected chi connectivity index (χ0v) is 20.3. The first-order valence-corrected chi connectivity index (χ1v) is 11.7. The highest BCUT2D eigenvalue weighted by Gasteiger charge is 2.25. The Labute approximate surface area is 202 Å². The first-order valence-electron chi connectivity index (χ1n) is 10.9. The quantitative estimate of drug-likeness (QED) is 0.171. The van der Waals surface area contributed by atoms with E-state index < -0.39 is 10.9 Å². The molecule has 1 heterocycles. The minimum Gasteiger partial charge on any atom is -0.462 e. The Kier molecular flexibility index (Phi) is 7.96. The van der Waals surface area contributed by atoms with E-state index in [-0.39, 0.29) is 23.8 Å². The van der Waals surface area contributed by atoms with Crippen molar-refractivity contribution >= 4 is 40.0 Å². The number of hydrogen-bond acceptors (Lipinski definition) is 6. The van der Waals surface area contributed by atoms with Gasteiger partial charge in [-0.25, -0.2) is 4.79 Å². The number of esters is 1. The number of hydrogen-bond donors (Lipinski definition) is 1. The van der Waals surface area contributed by atoms with Crippen LogP contribution in [0.2, 0.25) is 0 Å². The summed E-state index contributed by atoms with van der Waals surface area (Å²) in [4.78, 5) is 36.7. The maximum Gasteiger partial charge on any atom is 0.341 e. The number of ether oxygens (including phenoxy) is 1. The van der Waals surface area contributed by atoms with E-state index in [2.05, 4.69) is 19.2 Å². The summed E-state index contributed by atoms with van der Waals surface area (Å²) in [5, 5.41) is 14.2. The van der Waals surface area contributed by atoms with Crippen molar-refractivity contribution in [2.75, 3.05) is 11.9 Å². The molecule has 0 bridgehead atoms. The first-order chi connectivity index (χ1) is 16.2. The second-order valence-electron chi connectivity index (χ2n) is 7.91. The molecule has 0 atom stereocenters. The summed E-state index contributed by atoms with van der Waals surface area (Å²) in [6.45, 7) is 7.94. The molecule has 1 N–H and O–H groups in total. The number of amides is 1. The third-order valence-electron chi connectivity index (χ3n) is 5.20. The molecular formula is C26H26N2O5S. The van der Waals surface area contributed by atoms with Crippen molar-refractivity contribution in [2.24, 2.45) is 0 Å². The fraction of sp³-hybridized carbons (Fsp3) is 0.231. The molecule has 0 radical (unpaired) electrons. The average molecular weight is 479 g/mol. The van der Waals surface area contributed by atoms with E-state index in [1.54, 1.807) is 25.1 Å².